The fraction of sp³-hybridized carbons (Fsp3) is 0.500. The van der Waals surface area contributed by atoms with Crippen LogP contribution in [0.2, 0.25) is 0 Å². The number of hydrogen-bond acceptors (Lipinski definition) is 5. The number of ether oxygens (including phenoxy) is 3. The van der Waals surface area contributed by atoms with Crippen LogP contribution in [0.3, 0.4) is 0 Å². The van der Waals surface area contributed by atoms with Gasteiger partial charge < -0.3 is 14.2 Å². The van der Waals surface area contributed by atoms with E-state index in [4.69, 9.17) is 14.2 Å². The van der Waals surface area contributed by atoms with Crippen molar-refractivity contribution in [2.45, 2.75) is 46.3 Å². The van der Waals surface area contributed by atoms with Gasteiger partial charge >= 0.3 is 5.97 Å². The van der Waals surface area contributed by atoms with Crippen molar-refractivity contribution in [2.75, 3.05) is 13.2 Å². The maximum Gasteiger partial charge on any atom is 0.317 e. The van der Waals surface area contributed by atoms with Crippen LogP contribution in [0.4, 0.5) is 0 Å². The molecule has 0 saturated carbocycles. The highest BCUT2D eigenvalue weighted by atomic mass is 16.7. The van der Waals surface area contributed by atoms with Crippen molar-refractivity contribution in [3.05, 3.63) is 47.2 Å². The standard InChI is InChI=1S/C20H26O5/c1-5-23-14(4)25-16-11-17(15-9-7-13(3)8-10-15)19(18(21)12-16)20(22)24-6-2/h7-10,12,14,17,19H,5-6,11H2,1-4H3. The van der Waals surface area contributed by atoms with Crippen molar-refractivity contribution < 1.29 is 23.8 Å². The molecule has 25 heavy (non-hydrogen) atoms. The van der Waals surface area contributed by atoms with Crippen LogP contribution in [-0.4, -0.2) is 31.3 Å². The number of rotatable bonds is 7. The third-order valence-electron chi connectivity index (χ3n) is 4.20. The molecular formula is C20H26O5. The van der Waals surface area contributed by atoms with Crippen LogP contribution in [0.5, 0.6) is 0 Å². The molecule has 0 heterocycles. The summed E-state index contributed by atoms with van der Waals surface area (Å²) in [5.74, 6) is -1.37. The van der Waals surface area contributed by atoms with Crippen molar-refractivity contribution in [1.29, 1.82) is 0 Å². The maximum absolute atomic E-state index is 12.6. The predicted molar refractivity (Wildman–Crippen MR) is 93.9 cm³/mol. The van der Waals surface area contributed by atoms with Crippen molar-refractivity contribution in [3.8, 4) is 0 Å². The number of ketones is 1. The van der Waals surface area contributed by atoms with Crippen LogP contribution in [0, 0.1) is 12.8 Å². The second-order valence-electron chi connectivity index (χ2n) is 6.10. The first-order valence-corrected chi connectivity index (χ1v) is 8.72. The van der Waals surface area contributed by atoms with Gasteiger partial charge in [0, 0.05) is 25.0 Å². The number of carbonyl (C=O) groups excluding carboxylic acids is 2. The van der Waals surface area contributed by atoms with E-state index in [0.29, 0.717) is 18.8 Å². The maximum atomic E-state index is 12.6. The molecule has 3 atom stereocenters. The first kappa shape index (κ1) is 19.2. The number of benzene rings is 1. The topological polar surface area (TPSA) is 61.8 Å². The van der Waals surface area contributed by atoms with Crippen molar-refractivity contribution in [3.63, 3.8) is 0 Å². The summed E-state index contributed by atoms with van der Waals surface area (Å²) in [6, 6.07) is 7.86. The summed E-state index contributed by atoms with van der Waals surface area (Å²) in [5.41, 5.74) is 2.05. The summed E-state index contributed by atoms with van der Waals surface area (Å²) < 4.78 is 16.2. The largest absolute Gasteiger partial charge is 0.469 e. The molecule has 1 aromatic carbocycles. The Labute approximate surface area is 149 Å². The molecular weight excluding hydrogens is 320 g/mol. The Balaban J connectivity index is 2.30. The minimum absolute atomic E-state index is 0.248. The summed E-state index contributed by atoms with van der Waals surface area (Å²) in [5, 5.41) is 0. The molecule has 0 aliphatic heterocycles. The summed E-state index contributed by atoms with van der Waals surface area (Å²) >= 11 is 0. The van der Waals surface area contributed by atoms with Gasteiger partial charge in [0.15, 0.2) is 12.1 Å². The number of aryl methyl sites for hydroxylation is 1. The normalized spacial score (nSPS) is 21.4. The first-order chi connectivity index (χ1) is 12.0. The lowest BCUT2D eigenvalue weighted by Gasteiger charge is -2.30. The smallest absolute Gasteiger partial charge is 0.317 e. The van der Waals surface area contributed by atoms with E-state index < -0.39 is 18.2 Å². The molecule has 0 amide bonds. The Hall–Kier alpha value is -2.14. The summed E-state index contributed by atoms with van der Waals surface area (Å²) in [7, 11) is 0. The Morgan fingerprint density at radius 1 is 1.20 bits per heavy atom. The summed E-state index contributed by atoms with van der Waals surface area (Å²) in [6.07, 6.45) is 1.42. The molecule has 5 nitrogen and oxygen atoms in total. The van der Waals surface area contributed by atoms with Crippen LogP contribution in [0.1, 0.15) is 44.2 Å². The average Bonchev–Trinajstić information content (AvgIpc) is 2.55. The molecule has 0 saturated heterocycles. The van der Waals surface area contributed by atoms with Gasteiger partial charge in [0.1, 0.15) is 11.7 Å². The van der Waals surface area contributed by atoms with E-state index in [2.05, 4.69) is 0 Å². The van der Waals surface area contributed by atoms with Crippen molar-refractivity contribution in [2.24, 2.45) is 5.92 Å². The Bertz CT molecular complexity index is 632. The SMILES string of the molecule is CCOC(=O)C1C(=O)C=C(OC(C)OCC)CC1c1ccc(C)cc1. The van der Waals surface area contributed by atoms with Crippen LogP contribution in [0.25, 0.3) is 0 Å². The monoisotopic (exact) mass is 346 g/mol. The lowest BCUT2D eigenvalue weighted by Crippen LogP contribution is -2.35. The number of carbonyl (C=O) groups is 2. The summed E-state index contributed by atoms with van der Waals surface area (Å²) in [6.45, 7) is 8.17. The molecule has 0 radical (unpaired) electrons. The third kappa shape index (κ3) is 4.92. The highest BCUT2D eigenvalue weighted by Crippen LogP contribution is 2.37. The van der Waals surface area contributed by atoms with E-state index in [9.17, 15) is 9.59 Å². The van der Waals surface area contributed by atoms with Gasteiger partial charge in [0.2, 0.25) is 0 Å². The number of esters is 1. The fourth-order valence-corrected chi connectivity index (χ4v) is 3.04. The minimum Gasteiger partial charge on any atom is -0.469 e. The highest BCUT2D eigenvalue weighted by Gasteiger charge is 2.40. The molecule has 1 aliphatic rings. The Morgan fingerprint density at radius 3 is 2.48 bits per heavy atom. The molecule has 1 aromatic rings. The quantitative estimate of drug-likeness (QED) is 0.429. The summed E-state index contributed by atoms with van der Waals surface area (Å²) in [4.78, 5) is 25.0. The van der Waals surface area contributed by atoms with Crippen molar-refractivity contribution in [1.82, 2.24) is 0 Å². The van der Waals surface area contributed by atoms with E-state index in [1.54, 1.807) is 13.8 Å². The first-order valence-electron chi connectivity index (χ1n) is 8.72. The van der Waals surface area contributed by atoms with E-state index in [1.807, 2.05) is 38.1 Å². The van der Waals surface area contributed by atoms with Gasteiger partial charge in [0.25, 0.3) is 0 Å². The highest BCUT2D eigenvalue weighted by molar-refractivity contribution is 6.06. The molecule has 2 rings (SSSR count). The van der Waals surface area contributed by atoms with Gasteiger partial charge in [-0.1, -0.05) is 29.8 Å². The molecule has 0 N–H and O–H groups in total. The number of hydrogen-bond donors (Lipinski definition) is 0. The lowest BCUT2D eigenvalue weighted by molar-refractivity contribution is -0.152. The lowest BCUT2D eigenvalue weighted by atomic mass is 9.77. The van der Waals surface area contributed by atoms with Gasteiger partial charge in [-0.05, 0) is 33.3 Å². The van der Waals surface area contributed by atoms with E-state index >= 15 is 0 Å². The molecule has 0 aromatic heterocycles. The van der Waals surface area contributed by atoms with Crippen LogP contribution in [-0.2, 0) is 23.8 Å². The van der Waals surface area contributed by atoms with Gasteiger partial charge in [-0.3, -0.25) is 9.59 Å². The van der Waals surface area contributed by atoms with Crippen LogP contribution >= 0.6 is 0 Å². The minimum atomic E-state index is -0.836. The zero-order valence-corrected chi connectivity index (χ0v) is 15.3. The van der Waals surface area contributed by atoms with Crippen molar-refractivity contribution >= 4 is 11.8 Å². The van der Waals surface area contributed by atoms with Gasteiger partial charge in [-0.2, -0.15) is 0 Å². The molecule has 136 valence electrons. The van der Waals surface area contributed by atoms with Crippen LogP contribution < -0.4 is 0 Å². The predicted octanol–water partition coefficient (Wildman–Crippen LogP) is 3.51. The number of allylic oxidation sites excluding steroid dienone is 2. The van der Waals surface area contributed by atoms with Gasteiger partial charge in [0.05, 0.1) is 6.61 Å². The molecule has 3 unspecified atom stereocenters. The van der Waals surface area contributed by atoms with E-state index in [1.165, 1.54) is 6.08 Å². The second-order valence-corrected chi connectivity index (χ2v) is 6.10. The van der Waals surface area contributed by atoms with E-state index in [0.717, 1.165) is 11.1 Å². The third-order valence-corrected chi connectivity index (χ3v) is 4.20. The Morgan fingerprint density at radius 2 is 1.88 bits per heavy atom. The van der Waals surface area contributed by atoms with Gasteiger partial charge in [-0.25, -0.2) is 0 Å². The zero-order chi connectivity index (χ0) is 18.4. The molecule has 0 bridgehead atoms. The zero-order valence-electron chi connectivity index (χ0n) is 15.3. The molecule has 5 heteroatoms. The molecule has 0 spiro atoms. The Kier molecular flexibility index (Phi) is 6.76. The fourth-order valence-electron chi connectivity index (χ4n) is 3.04. The van der Waals surface area contributed by atoms with Crippen LogP contribution in [0.15, 0.2) is 36.1 Å². The molecule has 0 fully saturated rings. The second kappa shape index (κ2) is 8.81. The molecule has 1 aliphatic carbocycles. The van der Waals surface area contributed by atoms with E-state index in [-0.39, 0.29) is 18.3 Å². The van der Waals surface area contributed by atoms with Gasteiger partial charge in [-0.15, -0.1) is 0 Å². The average molecular weight is 346 g/mol.